The number of carbonyl (C=O) groups is 2. The Hall–Kier alpha value is -1.92. The minimum absolute atomic E-state index is 0.0262. The topological polar surface area (TPSA) is 93.1 Å². The summed E-state index contributed by atoms with van der Waals surface area (Å²) < 4.78 is 11.0. The zero-order valence-corrected chi connectivity index (χ0v) is 14.8. The number of aliphatic hydroxyl groups is 2. The van der Waals surface area contributed by atoms with Crippen molar-refractivity contribution in [3.05, 3.63) is 35.5 Å². The van der Waals surface area contributed by atoms with E-state index in [0.717, 1.165) is 5.57 Å². The third kappa shape index (κ3) is 3.85. The monoisotopic (exact) mass is 350 g/mol. The number of ether oxygens (including phenoxy) is 2. The minimum Gasteiger partial charge on any atom is -0.458 e. The third-order valence-electron chi connectivity index (χ3n) is 4.91. The van der Waals surface area contributed by atoms with Crippen LogP contribution in [0.15, 0.2) is 35.5 Å². The van der Waals surface area contributed by atoms with E-state index >= 15 is 0 Å². The van der Waals surface area contributed by atoms with Gasteiger partial charge in [0.15, 0.2) is 0 Å². The fourth-order valence-electron chi connectivity index (χ4n) is 3.64. The Balaban J connectivity index is 2.44. The second-order valence-corrected chi connectivity index (χ2v) is 6.79. The van der Waals surface area contributed by atoms with E-state index in [1.165, 1.54) is 0 Å². The van der Waals surface area contributed by atoms with Gasteiger partial charge in [-0.25, -0.2) is 9.59 Å². The molecule has 0 spiro atoms. The van der Waals surface area contributed by atoms with Crippen LogP contribution < -0.4 is 0 Å². The van der Waals surface area contributed by atoms with Crippen molar-refractivity contribution in [2.24, 2.45) is 11.8 Å². The lowest BCUT2D eigenvalue weighted by atomic mass is 9.73. The Morgan fingerprint density at radius 3 is 2.68 bits per heavy atom. The van der Waals surface area contributed by atoms with E-state index in [-0.39, 0.29) is 30.3 Å². The lowest BCUT2D eigenvalue weighted by Crippen LogP contribution is -2.41. The molecule has 2 aliphatic rings. The molecule has 0 aromatic carbocycles. The number of aliphatic hydroxyl groups excluding tert-OH is 2. The van der Waals surface area contributed by atoms with Crippen LogP contribution in [0, 0.1) is 11.8 Å². The largest absolute Gasteiger partial charge is 0.458 e. The summed E-state index contributed by atoms with van der Waals surface area (Å²) in [7, 11) is 0. The van der Waals surface area contributed by atoms with Gasteiger partial charge < -0.3 is 19.7 Å². The smallest absolute Gasteiger partial charge is 0.334 e. The Kier molecular flexibility index (Phi) is 6.19. The molecule has 0 bridgehead atoms. The Morgan fingerprint density at radius 2 is 2.12 bits per heavy atom. The molecule has 1 fully saturated rings. The zero-order chi connectivity index (χ0) is 18.7. The fourth-order valence-corrected chi connectivity index (χ4v) is 3.64. The molecule has 6 nitrogen and oxygen atoms in total. The van der Waals surface area contributed by atoms with Crippen LogP contribution in [0.25, 0.3) is 0 Å². The van der Waals surface area contributed by atoms with Gasteiger partial charge in [0.1, 0.15) is 12.2 Å². The maximum Gasteiger partial charge on any atom is 0.334 e. The first-order chi connectivity index (χ1) is 11.8. The summed E-state index contributed by atoms with van der Waals surface area (Å²) in [6.45, 7) is 10.8. The maximum atomic E-state index is 12.2. The molecule has 6 heteroatoms. The predicted octanol–water partition coefficient (Wildman–Crippen LogP) is 1.67. The molecule has 0 unspecified atom stereocenters. The van der Waals surface area contributed by atoms with Crippen LogP contribution >= 0.6 is 0 Å². The second-order valence-electron chi connectivity index (χ2n) is 6.79. The van der Waals surface area contributed by atoms with E-state index in [2.05, 4.69) is 13.2 Å². The molecule has 0 aromatic rings. The first-order valence-corrected chi connectivity index (χ1v) is 8.51. The summed E-state index contributed by atoms with van der Waals surface area (Å²) in [6.07, 6.45) is 0.451. The van der Waals surface area contributed by atoms with Crippen LogP contribution in [-0.4, -0.2) is 47.6 Å². The quantitative estimate of drug-likeness (QED) is 0.412. The van der Waals surface area contributed by atoms with Crippen molar-refractivity contribution in [1.29, 1.82) is 0 Å². The summed E-state index contributed by atoms with van der Waals surface area (Å²) in [6, 6.07) is 0. The molecule has 4 atom stereocenters. The van der Waals surface area contributed by atoms with Crippen molar-refractivity contribution < 1.29 is 29.3 Å². The molecule has 0 amide bonds. The van der Waals surface area contributed by atoms with Crippen molar-refractivity contribution in [3.8, 4) is 0 Å². The van der Waals surface area contributed by atoms with Gasteiger partial charge >= 0.3 is 11.9 Å². The van der Waals surface area contributed by atoms with Crippen LogP contribution in [0.2, 0.25) is 0 Å². The minimum atomic E-state index is -0.724. The van der Waals surface area contributed by atoms with Gasteiger partial charge in [-0.05, 0) is 36.8 Å². The van der Waals surface area contributed by atoms with Gasteiger partial charge in [0, 0.05) is 24.2 Å². The molecule has 0 saturated carbocycles. The Morgan fingerprint density at radius 1 is 1.44 bits per heavy atom. The summed E-state index contributed by atoms with van der Waals surface area (Å²) in [5.41, 5.74) is 2.05. The SMILES string of the molecule is C=C(C)C(=O)O[C@@H]1C([C@H](C)CCCO)=C(CO)C[C@@H]2OC(=O)C(=C)[C@@H]21. The highest BCUT2D eigenvalue weighted by atomic mass is 16.6. The molecule has 1 saturated heterocycles. The molecule has 138 valence electrons. The van der Waals surface area contributed by atoms with E-state index < -0.39 is 30.1 Å². The fraction of sp³-hybridized carbons (Fsp3) is 0.579. The van der Waals surface area contributed by atoms with E-state index in [0.29, 0.717) is 24.8 Å². The molecule has 2 rings (SSSR count). The zero-order valence-electron chi connectivity index (χ0n) is 14.8. The lowest BCUT2D eigenvalue weighted by molar-refractivity contribution is -0.147. The average molecular weight is 350 g/mol. The summed E-state index contributed by atoms with van der Waals surface area (Å²) in [4.78, 5) is 24.1. The number of fused-ring (bicyclic) bond motifs is 1. The highest BCUT2D eigenvalue weighted by Crippen LogP contribution is 2.45. The van der Waals surface area contributed by atoms with Gasteiger partial charge in [-0.3, -0.25) is 0 Å². The lowest BCUT2D eigenvalue weighted by Gasteiger charge is -2.38. The molecule has 2 N–H and O–H groups in total. The molecule has 1 aliphatic heterocycles. The average Bonchev–Trinajstić information content (AvgIpc) is 2.86. The predicted molar refractivity (Wildman–Crippen MR) is 91.4 cm³/mol. The summed E-state index contributed by atoms with van der Waals surface area (Å²) in [5, 5.41) is 18.9. The van der Waals surface area contributed by atoms with E-state index in [9.17, 15) is 14.7 Å². The molecule has 25 heavy (non-hydrogen) atoms. The number of carbonyl (C=O) groups excluding carboxylic acids is 2. The summed E-state index contributed by atoms with van der Waals surface area (Å²) >= 11 is 0. The van der Waals surface area contributed by atoms with Crippen LogP contribution in [0.3, 0.4) is 0 Å². The van der Waals surface area contributed by atoms with E-state index in [1.54, 1.807) is 6.92 Å². The maximum absolute atomic E-state index is 12.2. The van der Waals surface area contributed by atoms with Gasteiger partial charge in [0.25, 0.3) is 0 Å². The Labute approximate surface area is 147 Å². The van der Waals surface area contributed by atoms with E-state index in [4.69, 9.17) is 14.6 Å². The molecular weight excluding hydrogens is 324 g/mol. The van der Waals surface area contributed by atoms with Gasteiger partial charge in [-0.1, -0.05) is 20.1 Å². The van der Waals surface area contributed by atoms with Crippen molar-refractivity contribution in [1.82, 2.24) is 0 Å². The third-order valence-corrected chi connectivity index (χ3v) is 4.91. The van der Waals surface area contributed by atoms with Gasteiger partial charge in [-0.15, -0.1) is 0 Å². The number of hydrogen-bond acceptors (Lipinski definition) is 6. The first-order valence-electron chi connectivity index (χ1n) is 8.51. The number of hydrogen-bond donors (Lipinski definition) is 2. The van der Waals surface area contributed by atoms with Crippen molar-refractivity contribution in [2.75, 3.05) is 13.2 Å². The number of esters is 2. The van der Waals surface area contributed by atoms with Crippen LogP contribution in [0.4, 0.5) is 0 Å². The van der Waals surface area contributed by atoms with Gasteiger partial charge in [-0.2, -0.15) is 0 Å². The van der Waals surface area contributed by atoms with Crippen LogP contribution in [0.1, 0.15) is 33.1 Å². The normalized spacial score (nSPS) is 27.0. The second kappa shape index (κ2) is 7.97. The molecule has 0 aromatic heterocycles. The highest BCUT2D eigenvalue weighted by Gasteiger charge is 2.50. The van der Waals surface area contributed by atoms with Crippen LogP contribution in [-0.2, 0) is 19.1 Å². The molecule has 0 radical (unpaired) electrons. The van der Waals surface area contributed by atoms with Crippen molar-refractivity contribution in [2.45, 2.75) is 45.3 Å². The van der Waals surface area contributed by atoms with Crippen LogP contribution in [0.5, 0.6) is 0 Å². The van der Waals surface area contributed by atoms with Crippen molar-refractivity contribution >= 4 is 11.9 Å². The highest BCUT2D eigenvalue weighted by molar-refractivity contribution is 5.92. The molecule has 1 heterocycles. The van der Waals surface area contributed by atoms with Crippen molar-refractivity contribution in [3.63, 3.8) is 0 Å². The standard InChI is InChI=1S/C19H26O6/c1-10(2)18(22)25-17-15(11(3)6-5-7-20)13(9-21)8-14-16(17)12(4)19(23)24-14/h11,14,16-17,20-21H,1,4-9H2,2-3H3/t11-,14+,16+,17-/m1/s1. The molecular formula is C19H26O6. The molecule has 1 aliphatic carbocycles. The Bertz CT molecular complexity index is 617. The van der Waals surface area contributed by atoms with Gasteiger partial charge in [0.2, 0.25) is 0 Å². The number of rotatable bonds is 7. The summed E-state index contributed by atoms with van der Waals surface area (Å²) in [5.74, 6) is -1.53. The first kappa shape index (κ1) is 19.4. The van der Waals surface area contributed by atoms with E-state index in [1.807, 2.05) is 6.92 Å². The van der Waals surface area contributed by atoms with Gasteiger partial charge in [0.05, 0.1) is 12.5 Å².